The number of allylic oxidation sites excluding steroid dienone is 1. The van der Waals surface area contributed by atoms with Crippen LogP contribution in [0.2, 0.25) is 0 Å². The molecule has 1 N–H and O–H groups in total. The molecule has 7 nitrogen and oxygen atoms in total. The lowest BCUT2D eigenvalue weighted by molar-refractivity contribution is -0.113. The van der Waals surface area contributed by atoms with E-state index in [1.54, 1.807) is 17.6 Å². The SMILES string of the molecule is CCOc1ccc([C@@H]2C(C(=O)Nc3ccccc3)=C(C)N=c3s/c(=C\c4ccc(-c5ccc(C)cc5Br)o4)c(=O)n32)cc1. The van der Waals surface area contributed by atoms with Crippen molar-refractivity contribution >= 4 is 44.9 Å². The van der Waals surface area contributed by atoms with Gasteiger partial charge in [-0.2, -0.15) is 0 Å². The van der Waals surface area contributed by atoms with Crippen molar-refractivity contribution in [2.45, 2.75) is 26.8 Å². The Morgan fingerprint density at radius 2 is 1.84 bits per heavy atom. The summed E-state index contributed by atoms with van der Waals surface area (Å²) in [4.78, 5) is 33.0. The fraction of sp³-hybridized carbons (Fsp3) is 0.147. The molecule has 3 heterocycles. The quantitative estimate of drug-likeness (QED) is 0.214. The lowest BCUT2D eigenvalue weighted by Gasteiger charge is -2.25. The lowest BCUT2D eigenvalue weighted by Crippen LogP contribution is -2.40. The molecule has 0 saturated carbocycles. The van der Waals surface area contributed by atoms with Gasteiger partial charge in [0.15, 0.2) is 4.80 Å². The molecule has 0 unspecified atom stereocenters. The average Bonchev–Trinajstić information content (AvgIpc) is 3.57. The van der Waals surface area contributed by atoms with Crippen LogP contribution in [0.4, 0.5) is 5.69 Å². The minimum absolute atomic E-state index is 0.255. The molecule has 0 fully saturated rings. The molecule has 0 bridgehead atoms. The number of hydrogen-bond acceptors (Lipinski definition) is 6. The summed E-state index contributed by atoms with van der Waals surface area (Å²) in [7, 11) is 0. The standard InChI is InChI=1S/C34H28BrN3O4S/c1-4-41-24-13-11-22(12-14-24)31-30(32(39)37-23-8-6-5-7-9-23)21(3)36-34-38(31)33(40)29(43-34)19-25-15-17-28(42-25)26-16-10-20(2)18-27(26)35/h5-19,31H,4H2,1-3H3,(H,37,39)/b29-19-/t31-/m1/s1. The van der Waals surface area contributed by atoms with Gasteiger partial charge in [0.2, 0.25) is 0 Å². The molecule has 0 saturated heterocycles. The van der Waals surface area contributed by atoms with Crippen molar-refractivity contribution < 1.29 is 13.9 Å². The number of aryl methyl sites for hydroxylation is 1. The number of nitrogens with zero attached hydrogens (tertiary/aromatic N) is 2. The fourth-order valence-corrected chi connectivity index (χ4v) is 6.80. The van der Waals surface area contributed by atoms with Gasteiger partial charge in [0.05, 0.1) is 28.5 Å². The zero-order valence-electron chi connectivity index (χ0n) is 23.8. The van der Waals surface area contributed by atoms with Gasteiger partial charge >= 0.3 is 0 Å². The summed E-state index contributed by atoms with van der Waals surface area (Å²) >= 11 is 4.88. The third-order valence-corrected chi connectivity index (χ3v) is 8.73. The molecule has 1 aliphatic heterocycles. The molecule has 0 radical (unpaired) electrons. The number of thiazole rings is 1. The highest BCUT2D eigenvalue weighted by Crippen LogP contribution is 2.33. The number of nitrogens with one attached hydrogen (secondary N) is 1. The Balaban J connectivity index is 1.44. The van der Waals surface area contributed by atoms with E-state index in [9.17, 15) is 9.59 Å². The van der Waals surface area contributed by atoms with E-state index in [-0.39, 0.29) is 11.5 Å². The third-order valence-electron chi connectivity index (χ3n) is 7.09. The van der Waals surface area contributed by atoms with Gasteiger partial charge in [-0.05, 0) is 80.4 Å². The van der Waals surface area contributed by atoms with Crippen molar-refractivity contribution in [3.63, 3.8) is 0 Å². The van der Waals surface area contributed by atoms with Crippen molar-refractivity contribution in [2.75, 3.05) is 11.9 Å². The summed E-state index contributed by atoms with van der Waals surface area (Å²) in [5.74, 6) is 1.63. The van der Waals surface area contributed by atoms with E-state index in [1.807, 2.05) is 98.8 Å². The van der Waals surface area contributed by atoms with E-state index >= 15 is 0 Å². The summed E-state index contributed by atoms with van der Waals surface area (Å²) in [6.45, 7) is 6.29. The Kier molecular flexibility index (Phi) is 8.01. The van der Waals surface area contributed by atoms with Gasteiger partial charge in [-0.25, -0.2) is 4.99 Å². The van der Waals surface area contributed by atoms with Crippen LogP contribution in [-0.4, -0.2) is 17.1 Å². The average molecular weight is 655 g/mol. The van der Waals surface area contributed by atoms with Gasteiger partial charge in [-0.15, -0.1) is 0 Å². The van der Waals surface area contributed by atoms with E-state index in [2.05, 4.69) is 21.2 Å². The van der Waals surface area contributed by atoms with Gasteiger partial charge in [-0.1, -0.05) is 63.7 Å². The molecule has 1 amide bonds. The predicted octanol–water partition coefficient (Wildman–Crippen LogP) is 6.60. The number of amides is 1. The maximum absolute atomic E-state index is 14.0. The highest BCUT2D eigenvalue weighted by molar-refractivity contribution is 9.10. The maximum Gasteiger partial charge on any atom is 0.271 e. The number of carbonyl (C=O) groups is 1. The molecule has 2 aromatic heterocycles. The number of carbonyl (C=O) groups excluding carboxylic acids is 1. The Labute approximate surface area is 260 Å². The number of anilines is 1. The molecular weight excluding hydrogens is 626 g/mol. The Hall–Kier alpha value is -4.47. The second-order valence-electron chi connectivity index (χ2n) is 10.1. The first-order valence-corrected chi connectivity index (χ1v) is 15.4. The minimum atomic E-state index is -0.687. The van der Waals surface area contributed by atoms with Crippen LogP contribution < -0.4 is 24.9 Å². The summed E-state index contributed by atoms with van der Waals surface area (Å²) in [6, 6.07) is 25.8. The monoisotopic (exact) mass is 653 g/mol. The van der Waals surface area contributed by atoms with Crippen LogP contribution in [0, 0.1) is 6.92 Å². The number of ether oxygens (including phenoxy) is 1. The smallest absolute Gasteiger partial charge is 0.271 e. The molecule has 3 aromatic carbocycles. The maximum atomic E-state index is 14.0. The van der Waals surface area contributed by atoms with Crippen LogP contribution in [0.1, 0.15) is 36.8 Å². The predicted molar refractivity (Wildman–Crippen MR) is 173 cm³/mol. The first kappa shape index (κ1) is 28.6. The van der Waals surface area contributed by atoms with Gasteiger partial charge in [0, 0.05) is 21.8 Å². The lowest BCUT2D eigenvalue weighted by atomic mass is 9.95. The number of furan rings is 1. The molecule has 0 aliphatic carbocycles. The molecule has 216 valence electrons. The van der Waals surface area contributed by atoms with Gasteiger partial charge in [0.1, 0.15) is 17.3 Å². The molecule has 0 spiro atoms. The molecular formula is C34H28BrN3O4S. The Bertz CT molecular complexity index is 2040. The van der Waals surface area contributed by atoms with Crippen LogP contribution in [0.5, 0.6) is 5.75 Å². The number of para-hydroxylation sites is 1. The zero-order valence-corrected chi connectivity index (χ0v) is 26.2. The Morgan fingerprint density at radius 3 is 2.56 bits per heavy atom. The second kappa shape index (κ2) is 12.0. The molecule has 6 rings (SSSR count). The largest absolute Gasteiger partial charge is 0.494 e. The summed E-state index contributed by atoms with van der Waals surface area (Å²) in [5.41, 5.74) is 4.18. The first-order chi connectivity index (χ1) is 20.8. The summed E-state index contributed by atoms with van der Waals surface area (Å²) in [5, 5.41) is 2.98. The fourth-order valence-electron chi connectivity index (χ4n) is 5.08. The first-order valence-electron chi connectivity index (χ1n) is 13.8. The normalized spacial score (nSPS) is 14.8. The minimum Gasteiger partial charge on any atom is -0.494 e. The van der Waals surface area contributed by atoms with Crippen LogP contribution in [0.25, 0.3) is 17.4 Å². The number of benzene rings is 3. The number of rotatable bonds is 7. The number of aromatic nitrogens is 1. The topological polar surface area (TPSA) is 85.8 Å². The van der Waals surface area contributed by atoms with Crippen molar-refractivity contribution in [3.05, 3.63) is 137 Å². The molecule has 1 aliphatic rings. The van der Waals surface area contributed by atoms with E-state index in [1.165, 1.54) is 11.3 Å². The van der Waals surface area contributed by atoms with Crippen LogP contribution in [-0.2, 0) is 4.79 Å². The van der Waals surface area contributed by atoms with Crippen molar-refractivity contribution in [1.29, 1.82) is 0 Å². The molecule has 5 aromatic rings. The zero-order chi connectivity index (χ0) is 30.1. The Morgan fingerprint density at radius 1 is 1.07 bits per heavy atom. The van der Waals surface area contributed by atoms with E-state index < -0.39 is 6.04 Å². The van der Waals surface area contributed by atoms with E-state index in [4.69, 9.17) is 14.1 Å². The number of hydrogen-bond donors (Lipinski definition) is 1. The molecule has 43 heavy (non-hydrogen) atoms. The van der Waals surface area contributed by atoms with E-state index in [0.29, 0.717) is 50.2 Å². The van der Waals surface area contributed by atoms with Gasteiger partial charge in [0.25, 0.3) is 11.5 Å². The number of fused-ring (bicyclic) bond motifs is 1. The van der Waals surface area contributed by atoms with Crippen LogP contribution in [0.15, 0.2) is 115 Å². The van der Waals surface area contributed by atoms with Crippen LogP contribution in [0.3, 0.4) is 0 Å². The summed E-state index contributed by atoms with van der Waals surface area (Å²) in [6.07, 6.45) is 1.73. The van der Waals surface area contributed by atoms with Gasteiger partial charge < -0.3 is 14.5 Å². The molecule has 1 atom stereocenters. The van der Waals surface area contributed by atoms with Crippen LogP contribution >= 0.6 is 27.3 Å². The van der Waals surface area contributed by atoms with Crippen molar-refractivity contribution in [1.82, 2.24) is 4.57 Å². The van der Waals surface area contributed by atoms with Crippen molar-refractivity contribution in [3.8, 4) is 17.1 Å². The third kappa shape index (κ3) is 5.78. The highest BCUT2D eigenvalue weighted by atomic mass is 79.9. The van der Waals surface area contributed by atoms with E-state index in [0.717, 1.165) is 21.2 Å². The number of halogens is 1. The highest BCUT2D eigenvalue weighted by Gasteiger charge is 2.32. The van der Waals surface area contributed by atoms with Gasteiger partial charge in [-0.3, -0.25) is 14.2 Å². The molecule has 9 heteroatoms. The van der Waals surface area contributed by atoms with Crippen molar-refractivity contribution in [2.24, 2.45) is 4.99 Å². The summed E-state index contributed by atoms with van der Waals surface area (Å²) < 4.78 is 14.8. The second-order valence-corrected chi connectivity index (χ2v) is 12.0.